The van der Waals surface area contributed by atoms with Gasteiger partial charge in [-0.1, -0.05) is 29.3 Å². The number of hydrogen-bond donors (Lipinski definition) is 1. The summed E-state index contributed by atoms with van der Waals surface area (Å²) in [5.41, 5.74) is 1.48. The first-order valence-electron chi connectivity index (χ1n) is 5.74. The molecule has 0 bridgehead atoms. The van der Waals surface area contributed by atoms with Crippen LogP contribution in [0.5, 0.6) is 0 Å². The van der Waals surface area contributed by atoms with Crippen LogP contribution in [-0.2, 0) is 0 Å². The Morgan fingerprint density at radius 2 is 2.00 bits per heavy atom. The first kappa shape index (κ1) is 13.0. The predicted molar refractivity (Wildman–Crippen MR) is 77.6 cm³/mol. The normalized spacial score (nSPS) is 10.9. The van der Waals surface area contributed by atoms with Crippen LogP contribution in [0.15, 0.2) is 42.6 Å². The number of halogens is 2. The van der Waals surface area contributed by atoms with Gasteiger partial charge in [-0.15, -0.1) is 0 Å². The Morgan fingerprint density at radius 1 is 1.20 bits per heavy atom. The number of carbonyl (C=O) groups is 1. The Hall–Kier alpha value is -2.04. The Balaban J connectivity index is 2.35. The molecule has 0 saturated heterocycles. The number of aromatic carboxylic acids is 1. The number of imidazole rings is 1. The van der Waals surface area contributed by atoms with Crippen molar-refractivity contribution in [3.05, 3.63) is 58.3 Å². The van der Waals surface area contributed by atoms with E-state index in [-0.39, 0.29) is 5.69 Å². The summed E-state index contributed by atoms with van der Waals surface area (Å²) in [6.07, 6.45) is 1.65. The molecule has 100 valence electrons. The number of aromatic nitrogens is 2. The number of benzene rings is 1. The first-order valence-corrected chi connectivity index (χ1v) is 6.49. The predicted octanol–water partition coefficient (Wildman–Crippen LogP) is 4.01. The van der Waals surface area contributed by atoms with E-state index in [0.717, 1.165) is 0 Å². The van der Waals surface area contributed by atoms with Gasteiger partial charge in [0.05, 0.1) is 5.02 Å². The van der Waals surface area contributed by atoms with Crippen LogP contribution in [0, 0.1) is 0 Å². The number of nitrogens with zero attached hydrogens (tertiary/aromatic N) is 2. The second kappa shape index (κ2) is 4.81. The summed E-state index contributed by atoms with van der Waals surface area (Å²) < 4.78 is 1.52. The second-order valence-corrected chi connectivity index (χ2v) is 5.01. The minimum absolute atomic E-state index is 0.0739. The number of pyridine rings is 1. The Kier molecular flexibility index (Phi) is 3.12. The van der Waals surface area contributed by atoms with Crippen LogP contribution in [0.2, 0.25) is 10.0 Å². The summed E-state index contributed by atoms with van der Waals surface area (Å²) in [5.74, 6) is -1.07. The molecule has 0 radical (unpaired) electrons. The molecular weight excluding hydrogens is 299 g/mol. The Labute approximate surface area is 124 Å². The minimum Gasteiger partial charge on any atom is -0.476 e. The van der Waals surface area contributed by atoms with Crippen molar-refractivity contribution in [1.82, 2.24) is 9.38 Å². The SMILES string of the molecule is O=C(O)c1c(-c2ccc(Cl)cc2Cl)nc2ccccn12. The fraction of sp³-hybridized carbons (Fsp3) is 0. The summed E-state index contributed by atoms with van der Waals surface area (Å²) in [6, 6.07) is 10.2. The second-order valence-electron chi connectivity index (χ2n) is 4.17. The van der Waals surface area contributed by atoms with Crippen molar-refractivity contribution in [2.24, 2.45) is 0 Å². The van der Waals surface area contributed by atoms with Crippen molar-refractivity contribution in [1.29, 1.82) is 0 Å². The van der Waals surface area contributed by atoms with E-state index < -0.39 is 5.97 Å². The highest BCUT2D eigenvalue weighted by Gasteiger charge is 2.21. The zero-order chi connectivity index (χ0) is 14.3. The molecule has 1 aromatic carbocycles. The molecule has 0 aliphatic carbocycles. The highest BCUT2D eigenvalue weighted by Crippen LogP contribution is 2.32. The molecule has 0 atom stereocenters. The van der Waals surface area contributed by atoms with Crippen LogP contribution in [0.3, 0.4) is 0 Å². The zero-order valence-electron chi connectivity index (χ0n) is 10.0. The van der Waals surface area contributed by atoms with E-state index in [0.29, 0.717) is 26.9 Å². The molecular formula is C14H8Cl2N2O2. The average molecular weight is 307 g/mol. The van der Waals surface area contributed by atoms with Gasteiger partial charge in [-0.25, -0.2) is 9.78 Å². The zero-order valence-corrected chi connectivity index (χ0v) is 11.6. The quantitative estimate of drug-likeness (QED) is 0.778. The maximum absolute atomic E-state index is 11.5. The van der Waals surface area contributed by atoms with Gasteiger partial charge in [0, 0.05) is 16.8 Å². The summed E-state index contributed by atoms with van der Waals surface area (Å²) in [6.45, 7) is 0. The maximum atomic E-state index is 11.5. The van der Waals surface area contributed by atoms with Gasteiger partial charge >= 0.3 is 5.97 Å². The molecule has 2 aromatic heterocycles. The molecule has 0 saturated carbocycles. The monoisotopic (exact) mass is 306 g/mol. The average Bonchev–Trinajstić information content (AvgIpc) is 2.77. The molecule has 1 N–H and O–H groups in total. The van der Waals surface area contributed by atoms with Gasteiger partial charge in [-0.2, -0.15) is 0 Å². The molecule has 0 fully saturated rings. The Bertz CT molecular complexity index is 827. The molecule has 0 aliphatic rings. The van der Waals surface area contributed by atoms with Crippen molar-refractivity contribution in [3.63, 3.8) is 0 Å². The molecule has 0 spiro atoms. The third-order valence-electron chi connectivity index (χ3n) is 2.92. The van der Waals surface area contributed by atoms with Crippen molar-refractivity contribution in [3.8, 4) is 11.3 Å². The van der Waals surface area contributed by atoms with Gasteiger partial charge in [0.25, 0.3) is 0 Å². The molecule has 3 aromatic rings. The first-order chi connectivity index (χ1) is 9.58. The fourth-order valence-corrected chi connectivity index (χ4v) is 2.57. The fourth-order valence-electron chi connectivity index (χ4n) is 2.07. The largest absolute Gasteiger partial charge is 0.476 e. The third-order valence-corrected chi connectivity index (χ3v) is 3.47. The number of carboxylic acid groups (broad SMARTS) is 1. The van der Waals surface area contributed by atoms with Crippen LogP contribution in [-0.4, -0.2) is 20.5 Å². The van der Waals surface area contributed by atoms with Crippen molar-refractivity contribution >= 4 is 34.8 Å². The highest BCUT2D eigenvalue weighted by atomic mass is 35.5. The smallest absolute Gasteiger partial charge is 0.355 e. The number of rotatable bonds is 2. The number of hydrogen-bond acceptors (Lipinski definition) is 2. The Morgan fingerprint density at radius 3 is 2.70 bits per heavy atom. The lowest BCUT2D eigenvalue weighted by Gasteiger charge is -2.03. The summed E-state index contributed by atoms with van der Waals surface area (Å²) in [7, 11) is 0. The molecule has 0 unspecified atom stereocenters. The van der Waals surface area contributed by atoms with E-state index in [1.807, 2.05) is 0 Å². The molecule has 0 aliphatic heterocycles. The van der Waals surface area contributed by atoms with E-state index in [1.54, 1.807) is 42.6 Å². The number of fused-ring (bicyclic) bond motifs is 1. The van der Waals surface area contributed by atoms with Crippen LogP contribution in [0.1, 0.15) is 10.5 Å². The van der Waals surface area contributed by atoms with Crippen molar-refractivity contribution in [2.75, 3.05) is 0 Å². The highest BCUT2D eigenvalue weighted by molar-refractivity contribution is 6.36. The van der Waals surface area contributed by atoms with E-state index in [2.05, 4.69) is 4.98 Å². The van der Waals surface area contributed by atoms with Gasteiger partial charge in [0.15, 0.2) is 5.69 Å². The molecule has 4 nitrogen and oxygen atoms in total. The maximum Gasteiger partial charge on any atom is 0.355 e. The van der Waals surface area contributed by atoms with Crippen LogP contribution in [0.25, 0.3) is 16.9 Å². The summed E-state index contributed by atoms with van der Waals surface area (Å²) in [5, 5.41) is 10.3. The van der Waals surface area contributed by atoms with E-state index in [4.69, 9.17) is 23.2 Å². The van der Waals surface area contributed by atoms with Gasteiger partial charge < -0.3 is 5.11 Å². The lowest BCUT2D eigenvalue weighted by molar-refractivity contribution is 0.0690. The topological polar surface area (TPSA) is 54.6 Å². The van der Waals surface area contributed by atoms with Crippen molar-refractivity contribution < 1.29 is 9.90 Å². The summed E-state index contributed by atoms with van der Waals surface area (Å²) >= 11 is 12.0. The van der Waals surface area contributed by atoms with Crippen LogP contribution >= 0.6 is 23.2 Å². The van der Waals surface area contributed by atoms with E-state index in [1.165, 1.54) is 4.40 Å². The molecule has 2 heterocycles. The molecule has 0 amide bonds. The van der Waals surface area contributed by atoms with Gasteiger partial charge in [-0.3, -0.25) is 4.40 Å². The summed E-state index contributed by atoms with van der Waals surface area (Å²) in [4.78, 5) is 15.9. The molecule has 6 heteroatoms. The molecule has 20 heavy (non-hydrogen) atoms. The molecule has 3 rings (SSSR count). The third kappa shape index (κ3) is 2.03. The number of carboxylic acids is 1. The van der Waals surface area contributed by atoms with E-state index in [9.17, 15) is 9.90 Å². The standard InChI is InChI=1S/C14H8Cl2N2O2/c15-8-4-5-9(10(16)7-8)12-13(14(19)20)18-6-2-1-3-11(18)17-12/h1-7H,(H,19,20). The van der Waals surface area contributed by atoms with Crippen LogP contribution < -0.4 is 0 Å². The minimum atomic E-state index is -1.07. The van der Waals surface area contributed by atoms with Gasteiger partial charge in [-0.05, 0) is 30.3 Å². The lowest BCUT2D eigenvalue weighted by Crippen LogP contribution is -2.03. The van der Waals surface area contributed by atoms with Crippen LogP contribution in [0.4, 0.5) is 0 Å². The van der Waals surface area contributed by atoms with E-state index >= 15 is 0 Å². The lowest BCUT2D eigenvalue weighted by atomic mass is 10.1. The van der Waals surface area contributed by atoms with Gasteiger partial charge in [0.2, 0.25) is 0 Å². The van der Waals surface area contributed by atoms with Crippen molar-refractivity contribution in [2.45, 2.75) is 0 Å². The van der Waals surface area contributed by atoms with Gasteiger partial charge in [0.1, 0.15) is 11.3 Å².